The van der Waals surface area contributed by atoms with Gasteiger partial charge in [0, 0.05) is 13.5 Å². The molecule has 0 aromatic carbocycles. The van der Waals surface area contributed by atoms with Crippen LogP contribution in [0.2, 0.25) is 5.02 Å². The van der Waals surface area contributed by atoms with Gasteiger partial charge in [0.05, 0.1) is 11.2 Å². The normalized spacial score (nSPS) is 13.1. The molecular weight excluding hydrogens is 312 g/mol. The molecule has 1 aromatic heterocycles. The summed E-state index contributed by atoms with van der Waals surface area (Å²) in [6.07, 6.45) is 0.591. The Morgan fingerprint density at radius 1 is 1.60 bits per heavy atom. The van der Waals surface area contributed by atoms with Gasteiger partial charge in [0.25, 0.3) is 10.0 Å². The smallest absolute Gasteiger partial charge is 0.321 e. The first-order chi connectivity index (χ1) is 9.15. The topological polar surface area (TPSA) is 144 Å². The Morgan fingerprint density at radius 2 is 2.20 bits per heavy atom. The highest BCUT2D eigenvalue weighted by Crippen LogP contribution is 2.20. The Hall–Kier alpha value is -1.65. The molecule has 11 heteroatoms. The average Bonchev–Trinajstić information content (AvgIpc) is 2.64. The third-order valence-electron chi connectivity index (χ3n) is 2.37. The van der Waals surface area contributed by atoms with Crippen molar-refractivity contribution < 1.29 is 23.1 Å². The van der Waals surface area contributed by atoms with Gasteiger partial charge in [-0.3, -0.25) is 14.3 Å². The van der Waals surface area contributed by atoms with Crippen LogP contribution in [0.25, 0.3) is 0 Å². The number of nitrogens with two attached hydrogens (primary N) is 1. The Bertz CT molecular complexity index is 607. The van der Waals surface area contributed by atoms with Gasteiger partial charge in [-0.05, 0) is 6.42 Å². The number of primary amides is 1. The average molecular weight is 325 g/mol. The number of nitrogens with zero attached hydrogens (tertiary/aromatic N) is 2. The quantitative estimate of drug-likeness (QED) is 0.591. The molecule has 0 aliphatic rings. The van der Waals surface area contributed by atoms with Crippen LogP contribution in [0, 0.1) is 0 Å². The molecule has 20 heavy (non-hydrogen) atoms. The van der Waals surface area contributed by atoms with Crippen molar-refractivity contribution in [3.63, 3.8) is 0 Å². The third kappa shape index (κ3) is 3.92. The zero-order chi connectivity index (χ0) is 15.5. The van der Waals surface area contributed by atoms with E-state index in [1.54, 1.807) is 0 Å². The summed E-state index contributed by atoms with van der Waals surface area (Å²) in [5.74, 6) is -2.15. The molecule has 1 heterocycles. The predicted molar refractivity (Wildman–Crippen MR) is 68.4 cm³/mol. The molecule has 0 spiro atoms. The van der Waals surface area contributed by atoms with Crippen LogP contribution in [0.1, 0.15) is 12.8 Å². The molecule has 0 radical (unpaired) electrons. The van der Waals surface area contributed by atoms with Gasteiger partial charge in [0.15, 0.2) is 5.03 Å². The van der Waals surface area contributed by atoms with Crippen molar-refractivity contribution in [1.29, 1.82) is 0 Å². The second kappa shape index (κ2) is 6.20. The van der Waals surface area contributed by atoms with Crippen LogP contribution in [0.4, 0.5) is 0 Å². The fourth-order valence-electron chi connectivity index (χ4n) is 1.46. The summed E-state index contributed by atoms with van der Waals surface area (Å²) in [6.45, 7) is 0. The van der Waals surface area contributed by atoms with Crippen LogP contribution in [-0.4, -0.2) is 41.2 Å². The van der Waals surface area contributed by atoms with Crippen LogP contribution in [-0.2, 0) is 26.7 Å². The summed E-state index contributed by atoms with van der Waals surface area (Å²) in [6, 6.07) is -1.49. The van der Waals surface area contributed by atoms with Crippen molar-refractivity contribution in [1.82, 2.24) is 14.5 Å². The molecule has 0 fully saturated rings. The van der Waals surface area contributed by atoms with E-state index in [9.17, 15) is 18.0 Å². The van der Waals surface area contributed by atoms with E-state index in [0.29, 0.717) is 0 Å². The van der Waals surface area contributed by atoms with Crippen molar-refractivity contribution in [3.8, 4) is 0 Å². The lowest BCUT2D eigenvalue weighted by Gasteiger charge is -2.14. The van der Waals surface area contributed by atoms with Gasteiger partial charge >= 0.3 is 5.97 Å². The second-order valence-electron chi connectivity index (χ2n) is 3.94. The number of carboxylic acid groups (broad SMARTS) is 1. The summed E-state index contributed by atoms with van der Waals surface area (Å²) in [7, 11) is -2.84. The SMILES string of the molecule is Cn1ncc(Cl)c1S(=O)(=O)NC(CCC(N)=O)C(=O)O. The molecule has 1 atom stereocenters. The third-order valence-corrected chi connectivity index (χ3v) is 4.35. The molecule has 4 N–H and O–H groups in total. The largest absolute Gasteiger partial charge is 0.480 e. The summed E-state index contributed by atoms with van der Waals surface area (Å²) in [4.78, 5) is 21.6. The molecule has 1 unspecified atom stereocenters. The fraction of sp³-hybridized carbons (Fsp3) is 0.444. The van der Waals surface area contributed by atoms with Gasteiger partial charge in [-0.15, -0.1) is 0 Å². The standard InChI is InChI=1S/C9H13ClN4O5S/c1-14-8(5(10)4-12-14)20(18,19)13-6(9(16)17)2-3-7(11)15/h4,6,13H,2-3H2,1H3,(H2,11,15)(H,16,17). The van der Waals surface area contributed by atoms with Crippen LogP contribution in [0.5, 0.6) is 0 Å². The van der Waals surface area contributed by atoms with Crippen LogP contribution < -0.4 is 10.5 Å². The molecule has 1 aromatic rings. The van der Waals surface area contributed by atoms with Crippen LogP contribution >= 0.6 is 11.6 Å². The summed E-state index contributed by atoms with van der Waals surface area (Å²) < 4.78 is 27.1. The lowest BCUT2D eigenvalue weighted by molar-refractivity contribution is -0.139. The zero-order valence-electron chi connectivity index (χ0n) is 10.4. The molecule has 0 aliphatic carbocycles. The highest BCUT2D eigenvalue weighted by Gasteiger charge is 2.29. The number of halogens is 1. The molecule has 1 amide bonds. The Balaban J connectivity index is 2.98. The molecular formula is C9H13ClN4O5S. The van der Waals surface area contributed by atoms with Crippen molar-refractivity contribution in [2.75, 3.05) is 0 Å². The van der Waals surface area contributed by atoms with Gasteiger partial charge in [-0.2, -0.15) is 9.82 Å². The number of hydrogen-bond acceptors (Lipinski definition) is 5. The Kier molecular flexibility index (Phi) is 5.09. The van der Waals surface area contributed by atoms with Gasteiger partial charge in [-0.1, -0.05) is 11.6 Å². The fourth-order valence-corrected chi connectivity index (χ4v) is 3.34. The lowest BCUT2D eigenvalue weighted by Crippen LogP contribution is -2.42. The number of rotatable bonds is 7. The van der Waals surface area contributed by atoms with Gasteiger partial charge in [-0.25, -0.2) is 8.42 Å². The number of amides is 1. The second-order valence-corrected chi connectivity index (χ2v) is 5.97. The van der Waals surface area contributed by atoms with E-state index in [-0.39, 0.29) is 22.9 Å². The molecule has 0 saturated heterocycles. The van der Waals surface area contributed by atoms with E-state index in [1.165, 1.54) is 7.05 Å². The number of sulfonamides is 1. The highest BCUT2D eigenvalue weighted by molar-refractivity contribution is 7.89. The maximum absolute atomic E-state index is 12.1. The van der Waals surface area contributed by atoms with Gasteiger partial charge in [0.2, 0.25) is 5.91 Å². The number of aliphatic carboxylic acids is 1. The maximum atomic E-state index is 12.1. The van der Waals surface area contributed by atoms with Crippen molar-refractivity contribution in [2.24, 2.45) is 12.8 Å². The first-order valence-electron chi connectivity index (χ1n) is 5.36. The number of aromatic nitrogens is 2. The van der Waals surface area contributed by atoms with Crippen molar-refractivity contribution in [3.05, 3.63) is 11.2 Å². The van der Waals surface area contributed by atoms with E-state index in [0.717, 1.165) is 10.9 Å². The molecule has 112 valence electrons. The van der Waals surface area contributed by atoms with Crippen LogP contribution in [0.3, 0.4) is 0 Å². The number of carbonyl (C=O) groups is 2. The number of carbonyl (C=O) groups excluding carboxylic acids is 1. The first-order valence-corrected chi connectivity index (χ1v) is 7.22. The van der Waals surface area contributed by atoms with E-state index >= 15 is 0 Å². The number of carboxylic acids is 1. The molecule has 0 saturated carbocycles. The minimum atomic E-state index is -4.18. The van der Waals surface area contributed by atoms with E-state index < -0.39 is 27.9 Å². The van der Waals surface area contributed by atoms with Crippen molar-refractivity contribution in [2.45, 2.75) is 23.9 Å². The minimum absolute atomic E-state index is 0.140. The number of nitrogens with one attached hydrogen (secondary N) is 1. The molecule has 0 bridgehead atoms. The number of aryl methyl sites for hydroxylation is 1. The Morgan fingerprint density at radius 3 is 2.60 bits per heavy atom. The number of hydrogen-bond donors (Lipinski definition) is 3. The van der Waals surface area contributed by atoms with Crippen molar-refractivity contribution >= 4 is 33.5 Å². The monoisotopic (exact) mass is 324 g/mol. The van der Waals surface area contributed by atoms with E-state index in [1.807, 2.05) is 4.72 Å². The molecule has 1 rings (SSSR count). The zero-order valence-corrected chi connectivity index (χ0v) is 12.0. The summed E-state index contributed by atoms with van der Waals surface area (Å²) in [5.41, 5.74) is 4.90. The highest BCUT2D eigenvalue weighted by atomic mass is 35.5. The lowest BCUT2D eigenvalue weighted by atomic mass is 10.2. The first kappa shape index (κ1) is 16.4. The van der Waals surface area contributed by atoms with Crippen LogP contribution in [0.15, 0.2) is 11.2 Å². The maximum Gasteiger partial charge on any atom is 0.321 e. The van der Waals surface area contributed by atoms with E-state index in [4.69, 9.17) is 22.4 Å². The molecule has 9 nitrogen and oxygen atoms in total. The van der Waals surface area contributed by atoms with Gasteiger partial charge < -0.3 is 10.8 Å². The minimum Gasteiger partial charge on any atom is -0.480 e. The summed E-state index contributed by atoms with van der Waals surface area (Å²) >= 11 is 5.70. The van der Waals surface area contributed by atoms with E-state index in [2.05, 4.69) is 5.10 Å². The van der Waals surface area contributed by atoms with Gasteiger partial charge in [0.1, 0.15) is 6.04 Å². The molecule has 0 aliphatic heterocycles. The predicted octanol–water partition coefficient (Wildman–Crippen LogP) is -0.929. The Labute approximate surface area is 119 Å². The summed E-state index contributed by atoms with van der Waals surface area (Å²) in [5, 5.41) is 12.1.